The van der Waals surface area contributed by atoms with E-state index in [1.165, 1.54) is 12.1 Å². The van der Waals surface area contributed by atoms with Gasteiger partial charge in [-0.25, -0.2) is 4.39 Å². The summed E-state index contributed by atoms with van der Waals surface area (Å²) in [5.41, 5.74) is 1.99. The molecular weight excluding hydrogens is 300 g/mol. The van der Waals surface area contributed by atoms with Crippen LogP contribution in [0.5, 0.6) is 5.75 Å². The van der Waals surface area contributed by atoms with Crippen molar-refractivity contribution in [3.05, 3.63) is 63.4 Å². The second-order valence-corrected chi connectivity index (χ2v) is 5.25. The normalized spacial score (nSPS) is 10.6. The van der Waals surface area contributed by atoms with E-state index in [0.29, 0.717) is 22.3 Å². The maximum atomic E-state index is 12.8. The number of hydrogen-bond donors (Lipinski definition) is 1. The van der Waals surface area contributed by atoms with E-state index in [1.807, 2.05) is 6.07 Å². The molecule has 0 spiro atoms. The predicted octanol–water partition coefficient (Wildman–Crippen LogP) is 3.40. The molecule has 0 aromatic heterocycles. The van der Waals surface area contributed by atoms with E-state index in [2.05, 4.69) is 5.32 Å². The summed E-state index contributed by atoms with van der Waals surface area (Å²) in [6, 6.07) is 9.96. The summed E-state index contributed by atoms with van der Waals surface area (Å²) < 4.78 is 18.1. The molecule has 5 heteroatoms. The van der Waals surface area contributed by atoms with Gasteiger partial charge in [0.2, 0.25) is 0 Å². The van der Waals surface area contributed by atoms with Crippen LogP contribution in [0.3, 0.4) is 0 Å². The third kappa shape index (κ3) is 3.85. The average Bonchev–Trinajstić information content (AvgIpc) is 2.40. The van der Waals surface area contributed by atoms with Crippen LogP contribution in [0.1, 0.15) is 11.1 Å². The van der Waals surface area contributed by atoms with Crippen molar-refractivity contribution >= 4 is 23.2 Å². The highest BCUT2D eigenvalue weighted by atomic mass is 35.5. The molecule has 0 heterocycles. The van der Waals surface area contributed by atoms with Gasteiger partial charge in [0, 0.05) is 10.6 Å². The SMILES string of the molecule is COc1c(Cl)cc(Cl)cc1C[NH2+]Cc1ccc(F)cc1. The van der Waals surface area contributed by atoms with Crippen molar-refractivity contribution in [1.82, 2.24) is 0 Å². The van der Waals surface area contributed by atoms with Gasteiger partial charge in [-0.2, -0.15) is 0 Å². The minimum Gasteiger partial charge on any atom is -0.495 e. The number of benzene rings is 2. The maximum Gasteiger partial charge on any atom is 0.146 e. The van der Waals surface area contributed by atoms with Crippen LogP contribution in [0, 0.1) is 5.82 Å². The summed E-state index contributed by atoms with van der Waals surface area (Å²) in [6.07, 6.45) is 0. The zero-order valence-corrected chi connectivity index (χ0v) is 12.5. The number of halogens is 3. The zero-order valence-electron chi connectivity index (χ0n) is 11.0. The highest BCUT2D eigenvalue weighted by Crippen LogP contribution is 2.31. The lowest BCUT2D eigenvalue weighted by Crippen LogP contribution is -2.80. The highest BCUT2D eigenvalue weighted by molar-refractivity contribution is 6.35. The Balaban J connectivity index is 2.02. The van der Waals surface area contributed by atoms with E-state index >= 15 is 0 Å². The largest absolute Gasteiger partial charge is 0.495 e. The number of methoxy groups -OCH3 is 1. The Morgan fingerprint density at radius 1 is 1.10 bits per heavy atom. The molecule has 0 atom stereocenters. The van der Waals surface area contributed by atoms with E-state index < -0.39 is 0 Å². The fraction of sp³-hybridized carbons (Fsp3) is 0.200. The summed E-state index contributed by atoms with van der Waals surface area (Å²) in [5.74, 6) is 0.420. The molecule has 20 heavy (non-hydrogen) atoms. The first-order valence-corrected chi connectivity index (χ1v) is 6.93. The molecule has 2 aromatic rings. The second kappa shape index (κ2) is 6.93. The summed E-state index contributed by atoms with van der Waals surface area (Å²) in [5, 5.41) is 3.17. The van der Waals surface area contributed by atoms with Crippen LogP contribution in [0.25, 0.3) is 0 Å². The van der Waals surface area contributed by atoms with Crippen LogP contribution >= 0.6 is 23.2 Å². The van der Waals surface area contributed by atoms with Crippen LogP contribution in [0.4, 0.5) is 4.39 Å². The average molecular weight is 315 g/mol. The molecular formula is C15H15Cl2FNO+. The molecule has 0 aliphatic rings. The zero-order chi connectivity index (χ0) is 14.5. The van der Waals surface area contributed by atoms with E-state index in [-0.39, 0.29) is 5.82 Å². The summed E-state index contributed by atoms with van der Waals surface area (Å²) in [6.45, 7) is 1.42. The van der Waals surface area contributed by atoms with Crippen LogP contribution in [0.15, 0.2) is 36.4 Å². The van der Waals surface area contributed by atoms with E-state index in [1.54, 1.807) is 25.3 Å². The van der Waals surface area contributed by atoms with Crippen molar-refractivity contribution in [2.75, 3.05) is 7.11 Å². The maximum absolute atomic E-state index is 12.8. The van der Waals surface area contributed by atoms with Crippen molar-refractivity contribution in [1.29, 1.82) is 0 Å². The molecule has 2 aromatic carbocycles. The summed E-state index contributed by atoms with van der Waals surface area (Å²) >= 11 is 12.1. The number of hydrogen-bond acceptors (Lipinski definition) is 1. The Morgan fingerprint density at radius 2 is 1.80 bits per heavy atom. The van der Waals surface area contributed by atoms with E-state index in [9.17, 15) is 4.39 Å². The monoisotopic (exact) mass is 314 g/mol. The molecule has 0 saturated carbocycles. The molecule has 2 nitrogen and oxygen atoms in total. The smallest absolute Gasteiger partial charge is 0.146 e. The Hall–Kier alpha value is -1.29. The van der Waals surface area contributed by atoms with Crippen LogP contribution in [0.2, 0.25) is 10.0 Å². The first kappa shape index (κ1) is 15.1. The van der Waals surface area contributed by atoms with Gasteiger partial charge in [0.05, 0.1) is 17.7 Å². The lowest BCUT2D eigenvalue weighted by Gasteiger charge is -2.10. The molecule has 2 N–H and O–H groups in total. The predicted molar refractivity (Wildman–Crippen MR) is 78.7 cm³/mol. The minimum atomic E-state index is -0.225. The fourth-order valence-electron chi connectivity index (χ4n) is 2.01. The van der Waals surface area contributed by atoms with Crippen molar-refractivity contribution in [2.24, 2.45) is 0 Å². The lowest BCUT2D eigenvalue weighted by atomic mass is 10.2. The number of quaternary nitrogens is 1. The van der Waals surface area contributed by atoms with Crippen LogP contribution in [-0.2, 0) is 13.1 Å². The van der Waals surface area contributed by atoms with Crippen molar-refractivity contribution in [2.45, 2.75) is 13.1 Å². The molecule has 0 saturated heterocycles. The topological polar surface area (TPSA) is 25.8 Å². The fourth-order valence-corrected chi connectivity index (χ4v) is 2.62. The molecule has 106 valence electrons. The van der Waals surface area contributed by atoms with Gasteiger partial charge in [-0.1, -0.05) is 35.3 Å². The highest BCUT2D eigenvalue weighted by Gasteiger charge is 2.11. The molecule has 2 rings (SSSR count). The van der Waals surface area contributed by atoms with E-state index in [0.717, 1.165) is 17.7 Å². The van der Waals surface area contributed by atoms with Gasteiger partial charge < -0.3 is 10.1 Å². The molecule has 0 bridgehead atoms. The Labute approximate surface area is 127 Å². The lowest BCUT2D eigenvalue weighted by molar-refractivity contribution is -0.686. The Bertz CT molecular complexity index is 587. The molecule has 0 unspecified atom stereocenters. The summed E-state index contributed by atoms with van der Waals surface area (Å²) in [7, 11) is 1.58. The molecule has 0 aliphatic heterocycles. The number of rotatable bonds is 5. The van der Waals surface area contributed by atoms with Gasteiger partial charge in [-0.3, -0.25) is 0 Å². The van der Waals surface area contributed by atoms with Gasteiger partial charge in [0.15, 0.2) is 0 Å². The standard InChI is InChI=1S/C15H14Cl2FNO/c1-20-15-11(6-12(16)7-14(15)17)9-19-8-10-2-4-13(18)5-3-10/h2-7,19H,8-9H2,1H3/p+1. The molecule has 0 amide bonds. The quantitative estimate of drug-likeness (QED) is 0.899. The number of nitrogens with two attached hydrogens (primary N) is 1. The number of ether oxygens (including phenoxy) is 1. The van der Waals surface area contributed by atoms with Crippen molar-refractivity contribution < 1.29 is 14.4 Å². The molecule has 0 aliphatic carbocycles. The van der Waals surface area contributed by atoms with Crippen LogP contribution < -0.4 is 10.1 Å². The van der Waals surface area contributed by atoms with Gasteiger partial charge in [0.25, 0.3) is 0 Å². The Kier molecular flexibility index (Phi) is 5.24. The first-order chi connectivity index (χ1) is 9.60. The van der Waals surface area contributed by atoms with Crippen molar-refractivity contribution in [3.8, 4) is 5.75 Å². The molecule has 0 radical (unpaired) electrons. The third-order valence-electron chi connectivity index (χ3n) is 2.95. The second-order valence-electron chi connectivity index (χ2n) is 4.40. The summed E-state index contributed by atoms with van der Waals surface area (Å²) in [4.78, 5) is 0. The minimum absolute atomic E-state index is 0.225. The first-order valence-electron chi connectivity index (χ1n) is 6.18. The van der Waals surface area contributed by atoms with E-state index in [4.69, 9.17) is 27.9 Å². The van der Waals surface area contributed by atoms with Gasteiger partial charge in [-0.05, 0) is 24.3 Å². The van der Waals surface area contributed by atoms with Gasteiger partial charge in [0.1, 0.15) is 24.7 Å². The van der Waals surface area contributed by atoms with Crippen molar-refractivity contribution in [3.63, 3.8) is 0 Å². The molecule has 0 fully saturated rings. The van der Waals surface area contributed by atoms with Gasteiger partial charge >= 0.3 is 0 Å². The van der Waals surface area contributed by atoms with Crippen LogP contribution in [-0.4, -0.2) is 7.11 Å². The Morgan fingerprint density at radius 3 is 2.45 bits per heavy atom. The van der Waals surface area contributed by atoms with Gasteiger partial charge in [-0.15, -0.1) is 0 Å². The third-order valence-corrected chi connectivity index (χ3v) is 3.45.